The summed E-state index contributed by atoms with van der Waals surface area (Å²) in [6.45, 7) is 0. The van der Waals surface area contributed by atoms with Crippen LogP contribution in [-0.4, -0.2) is 4.98 Å². The number of nitriles is 1. The van der Waals surface area contributed by atoms with Crippen LogP contribution in [0.25, 0.3) is 0 Å². The van der Waals surface area contributed by atoms with Crippen LogP contribution in [0.1, 0.15) is 11.3 Å². The van der Waals surface area contributed by atoms with Gasteiger partial charge in [0.2, 0.25) is 5.95 Å². The second-order valence-corrected chi connectivity index (χ2v) is 2.14. The molecule has 0 atom stereocenters. The summed E-state index contributed by atoms with van der Waals surface area (Å²) in [6, 6.07) is 2.72. The van der Waals surface area contributed by atoms with Gasteiger partial charge in [-0.25, -0.2) is 4.98 Å². The Morgan fingerprint density at radius 3 is 2.38 bits per heavy atom. The minimum Gasteiger partial charge on any atom is -0.214 e. The summed E-state index contributed by atoms with van der Waals surface area (Å²) >= 11 is 0. The molecule has 0 spiro atoms. The number of pyridine rings is 1. The zero-order valence-corrected chi connectivity index (χ0v) is 6.06. The number of hydrogen-bond donors (Lipinski definition) is 0. The Kier molecular flexibility index (Phi) is 2.19. The summed E-state index contributed by atoms with van der Waals surface area (Å²) in [5.74, 6) is -1.26. The molecule has 2 nitrogen and oxygen atoms in total. The maximum atomic E-state index is 12.3. The van der Waals surface area contributed by atoms with Crippen LogP contribution in [0.4, 0.5) is 17.6 Å². The lowest BCUT2D eigenvalue weighted by Crippen LogP contribution is -2.11. The molecule has 0 aliphatic heterocycles. The molecule has 1 rings (SSSR count). The standard InChI is InChI=1S/C7H2F4N2/c8-5-2-1-4(3-12)6(13-5)7(9,10)11/h1-2H. The average molecular weight is 190 g/mol. The Labute approximate surface area is 70.4 Å². The lowest BCUT2D eigenvalue weighted by molar-refractivity contribution is -0.141. The lowest BCUT2D eigenvalue weighted by Gasteiger charge is -2.06. The van der Waals surface area contributed by atoms with Gasteiger partial charge >= 0.3 is 6.18 Å². The molecule has 68 valence electrons. The maximum absolute atomic E-state index is 12.3. The minimum absolute atomic E-state index is 0.686. The van der Waals surface area contributed by atoms with Crippen LogP contribution in [0.3, 0.4) is 0 Å². The third-order valence-corrected chi connectivity index (χ3v) is 1.25. The number of halogens is 4. The van der Waals surface area contributed by atoms with Gasteiger partial charge in [-0.05, 0) is 12.1 Å². The molecule has 0 N–H and O–H groups in total. The summed E-state index contributed by atoms with van der Waals surface area (Å²) in [5.41, 5.74) is -2.18. The first-order valence-electron chi connectivity index (χ1n) is 3.09. The van der Waals surface area contributed by atoms with Gasteiger partial charge in [0.1, 0.15) is 6.07 Å². The summed E-state index contributed by atoms with van der Waals surface area (Å²) in [7, 11) is 0. The molecule has 0 fully saturated rings. The minimum atomic E-state index is -4.80. The van der Waals surface area contributed by atoms with E-state index in [0.29, 0.717) is 6.07 Å². The molecule has 13 heavy (non-hydrogen) atoms. The first-order chi connectivity index (χ1) is 5.95. The predicted molar refractivity (Wildman–Crippen MR) is 33.9 cm³/mol. The molecule has 6 heteroatoms. The fourth-order valence-electron chi connectivity index (χ4n) is 0.742. The van der Waals surface area contributed by atoms with Crippen LogP contribution in [0.15, 0.2) is 12.1 Å². The Balaban J connectivity index is 3.35. The van der Waals surface area contributed by atoms with Crippen molar-refractivity contribution in [3.05, 3.63) is 29.3 Å². The van der Waals surface area contributed by atoms with Crippen LogP contribution < -0.4 is 0 Å². The molecule has 0 radical (unpaired) electrons. The molecule has 0 aromatic carbocycles. The molecule has 0 saturated carbocycles. The van der Waals surface area contributed by atoms with Gasteiger partial charge in [0.25, 0.3) is 0 Å². The van der Waals surface area contributed by atoms with Crippen LogP contribution in [0.5, 0.6) is 0 Å². The highest BCUT2D eigenvalue weighted by Crippen LogP contribution is 2.29. The fraction of sp³-hybridized carbons (Fsp3) is 0.143. The number of aromatic nitrogens is 1. The van der Waals surface area contributed by atoms with E-state index in [1.165, 1.54) is 6.07 Å². The van der Waals surface area contributed by atoms with Gasteiger partial charge in [-0.2, -0.15) is 22.8 Å². The monoisotopic (exact) mass is 190 g/mol. The number of alkyl halides is 3. The highest BCUT2D eigenvalue weighted by molar-refractivity contribution is 5.34. The van der Waals surface area contributed by atoms with E-state index < -0.39 is 23.4 Å². The molecule has 0 aliphatic rings. The third kappa shape index (κ3) is 1.93. The third-order valence-electron chi connectivity index (χ3n) is 1.25. The van der Waals surface area contributed by atoms with Crippen LogP contribution in [0, 0.1) is 17.3 Å². The Bertz CT molecular complexity index is 364. The summed E-state index contributed by atoms with van der Waals surface area (Å²) in [4.78, 5) is 2.60. The highest BCUT2D eigenvalue weighted by Gasteiger charge is 2.35. The van der Waals surface area contributed by atoms with Crippen molar-refractivity contribution in [2.75, 3.05) is 0 Å². The van der Waals surface area contributed by atoms with Crippen molar-refractivity contribution < 1.29 is 17.6 Å². The quantitative estimate of drug-likeness (QED) is 0.464. The van der Waals surface area contributed by atoms with Crippen molar-refractivity contribution in [3.63, 3.8) is 0 Å². The van der Waals surface area contributed by atoms with Gasteiger partial charge < -0.3 is 0 Å². The van der Waals surface area contributed by atoms with Gasteiger partial charge in [-0.3, -0.25) is 0 Å². The van der Waals surface area contributed by atoms with Crippen molar-refractivity contribution >= 4 is 0 Å². The highest BCUT2D eigenvalue weighted by atomic mass is 19.4. The van der Waals surface area contributed by atoms with E-state index >= 15 is 0 Å². The van der Waals surface area contributed by atoms with Gasteiger partial charge in [0.15, 0.2) is 5.69 Å². The second-order valence-electron chi connectivity index (χ2n) is 2.14. The van der Waals surface area contributed by atoms with E-state index in [2.05, 4.69) is 4.98 Å². The predicted octanol–water partition coefficient (Wildman–Crippen LogP) is 2.11. The first kappa shape index (κ1) is 9.45. The van der Waals surface area contributed by atoms with E-state index in [1.54, 1.807) is 0 Å². The molecule has 1 heterocycles. The molecule has 1 aromatic rings. The second kappa shape index (κ2) is 3.01. The van der Waals surface area contributed by atoms with E-state index in [9.17, 15) is 17.6 Å². The van der Waals surface area contributed by atoms with Gasteiger partial charge in [-0.15, -0.1) is 0 Å². The molecule has 0 aliphatic carbocycles. The summed E-state index contributed by atoms with van der Waals surface area (Å²) in [6.07, 6.45) is -4.80. The van der Waals surface area contributed by atoms with Crippen molar-refractivity contribution in [3.8, 4) is 6.07 Å². The first-order valence-corrected chi connectivity index (χ1v) is 3.09. The molecule has 0 saturated heterocycles. The lowest BCUT2D eigenvalue weighted by atomic mass is 10.2. The Hall–Kier alpha value is -1.64. The fourth-order valence-corrected chi connectivity index (χ4v) is 0.742. The molecular weight excluding hydrogens is 188 g/mol. The normalized spacial score (nSPS) is 11.0. The van der Waals surface area contributed by atoms with Gasteiger partial charge in [0, 0.05) is 0 Å². The number of hydrogen-bond acceptors (Lipinski definition) is 2. The molecule has 0 bridgehead atoms. The largest absolute Gasteiger partial charge is 0.434 e. The molecule has 1 aromatic heterocycles. The Morgan fingerprint density at radius 1 is 1.31 bits per heavy atom. The van der Waals surface area contributed by atoms with Crippen LogP contribution in [-0.2, 0) is 6.18 Å². The molecular formula is C7H2F4N2. The van der Waals surface area contributed by atoms with Crippen molar-refractivity contribution in [1.29, 1.82) is 5.26 Å². The number of rotatable bonds is 0. The van der Waals surface area contributed by atoms with Gasteiger partial charge in [-0.1, -0.05) is 0 Å². The number of nitrogens with zero attached hydrogens (tertiary/aromatic N) is 2. The van der Waals surface area contributed by atoms with E-state index in [4.69, 9.17) is 5.26 Å². The van der Waals surface area contributed by atoms with Crippen molar-refractivity contribution in [1.82, 2.24) is 4.98 Å². The average Bonchev–Trinajstić information content (AvgIpc) is 2.03. The van der Waals surface area contributed by atoms with E-state index in [0.717, 1.165) is 6.07 Å². The molecule has 0 unspecified atom stereocenters. The summed E-state index contributed by atoms with van der Waals surface area (Å²) in [5, 5.41) is 8.26. The Morgan fingerprint density at radius 2 is 1.92 bits per heavy atom. The molecule has 0 amide bonds. The van der Waals surface area contributed by atoms with E-state index in [-0.39, 0.29) is 0 Å². The zero-order chi connectivity index (χ0) is 10.1. The topological polar surface area (TPSA) is 36.7 Å². The maximum Gasteiger partial charge on any atom is 0.434 e. The zero-order valence-electron chi connectivity index (χ0n) is 6.06. The SMILES string of the molecule is N#Cc1ccc(F)nc1C(F)(F)F. The van der Waals surface area contributed by atoms with Crippen molar-refractivity contribution in [2.24, 2.45) is 0 Å². The summed E-state index contributed by atoms with van der Waals surface area (Å²) < 4.78 is 48.4. The van der Waals surface area contributed by atoms with Crippen LogP contribution in [0.2, 0.25) is 0 Å². The van der Waals surface area contributed by atoms with Gasteiger partial charge in [0.05, 0.1) is 5.56 Å². The smallest absolute Gasteiger partial charge is 0.214 e. The van der Waals surface area contributed by atoms with E-state index in [1.807, 2.05) is 0 Å². The van der Waals surface area contributed by atoms with Crippen molar-refractivity contribution in [2.45, 2.75) is 6.18 Å². The van der Waals surface area contributed by atoms with Crippen LogP contribution >= 0.6 is 0 Å².